The highest BCUT2D eigenvalue weighted by Crippen LogP contribution is 2.14. The first-order chi connectivity index (χ1) is 25.0. The third-order valence-corrected chi connectivity index (χ3v) is 10.3. The van der Waals surface area contributed by atoms with Crippen LogP contribution < -0.4 is 0 Å². The summed E-state index contributed by atoms with van der Waals surface area (Å²) in [6.45, 7) is 9.44. The lowest BCUT2D eigenvalue weighted by Crippen LogP contribution is -2.17. The van der Waals surface area contributed by atoms with E-state index in [1.54, 1.807) is 0 Å². The SMILES string of the molecule is CCCCCCCCCCCCCCCCCC[S+](C)CCOCCOCCOCCOCCOCCOCCOCCOCCOS(=O)(=O)[O-]. The van der Waals surface area contributed by atoms with Gasteiger partial charge in [0.25, 0.3) is 0 Å². The fourth-order valence-corrected chi connectivity index (χ4v) is 6.61. The summed E-state index contributed by atoms with van der Waals surface area (Å²) in [5.74, 6) is 2.49. The van der Waals surface area contributed by atoms with Crippen LogP contribution in [-0.2, 0) is 63.4 Å². The highest BCUT2D eigenvalue weighted by atomic mass is 32.3. The molecular weight excluding hydrogens is 701 g/mol. The van der Waals surface area contributed by atoms with Crippen LogP contribution in [0.1, 0.15) is 110 Å². The van der Waals surface area contributed by atoms with E-state index in [0.717, 1.165) is 12.4 Å². The van der Waals surface area contributed by atoms with E-state index in [1.165, 1.54) is 108 Å². The number of unbranched alkanes of at least 4 members (excludes halogenated alkanes) is 15. The summed E-state index contributed by atoms with van der Waals surface area (Å²) in [6.07, 6.45) is 25.1. The molecule has 0 saturated carbocycles. The van der Waals surface area contributed by atoms with E-state index in [1.807, 2.05) is 0 Å². The zero-order chi connectivity index (χ0) is 37.2. The van der Waals surface area contributed by atoms with E-state index in [9.17, 15) is 13.0 Å². The Labute approximate surface area is 315 Å². The van der Waals surface area contributed by atoms with Gasteiger partial charge in [-0.15, -0.1) is 0 Å². The molecule has 1 unspecified atom stereocenters. The molecule has 0 aromatic rings. The lowest BCUT2D eigenvalue weighted by atomic mass is 10.0. The van der Waals surface area contributed by atoms with Gasteiger partial charge >= 0.3 is 0 Å². The Balaban J connectivity index is 3.15. The molecule has 0 saturated heterocycles. The summed E-state index contributed by atoms with van der Waals surface area (Å²) in [7, 11) is -4.22. The van der Waals surface area contributed by atoms with Crippen LogP contribution in [0.2, 0.25) is 0 Å². The van der Waals surface area contributed by atoms with Crippen molar-refractivity contribution in [1.29, 1.82) is 0 Å². The molecule has 308 valence electrons. The molecule has 0 aromatic heterocycles. The van der Waals surface area contributed by atoms with E-state index in [-0.39, 0.29) is 19.8 Å². The fourth-order valence-electron chi connectivity index (χ4n) is 5.04. The summed E-state index contributed by atoms with van der Waals surface area (Å²) in [5, 5.41) is 0. The molecule has 0 aliphatic rings. The van der Waals surface area contributed by atoms with Crippen LogP contribution in [0.15, 0.2) is 0 Å². The van der Waals surface area contributed by atoms with Crippen molar-refractivity contribution in [3.63, 3.8) is 0 Å². The Bertz CT molecular complexity index is 764. The van der Waals surface area contributed by atoms with Crippen molar-refractivity contribution in [3.05, 3.63) is 0 Å². The summed E-state index contributed by atoms with van der Waals surface area (Å²) in [5.41, 5.74) is 0. The van der Waals surface area contributed by atoms with Gasteiger partial charge in [0.15, 0.2) is 0 Å². The zero-order valence-electron chi connectivity index (χ0n) is 32.5. The molecular formula is C37H76O12S2. The predicted molar refractivity (Wildman–Crippen MR) is 205 cm³/mol. The van der Waals surface area contributed by atoms with Gasteiger partial charge in [-0.25, -0.2) is 8.42 Å². The molecule has 0 amide bonds. The summed E-state index contributed by atoms with van der Waals surface area (Å²) < 4.78 is 78.3. The minimum Gasteiger partial charge on any atom is -0.726 e. The van der Waals surface area contributed by atoms with Crippen molar-refractivity contribution in [3.8, 4) is 0 Å². The first kappa shape index (κ1) is 50.9. The van der Waals surface area contributed by atoms with Gasteiger partial charge in [-0.1, -0.05) is 96.8 Å². The van der Waals surface area contributed by atoms with Crippen LogP contribution in [0.25, 0.3) is 0 Å². The largest absolute Gasteiger partial charge is 0.726 e. The van der Waals surface area contributed by atoms with E-state index in [0.29, 0.717) is 96.8 Å². The van der Waals surface area contributed by atoms with Gasteiger partial charge < -0.3 is 42.4 Å². The van der Waals surface area contributed by atoms with E-state index in [4.69, 9.17) is 37.9 Å². The summed E-state index contributed by atoms with van der Waals surface area (Å²) in [6, 6.07) is 0. The highest BCUT2D eigenvalue weighted by Gasteiger charge is 2.10. The first-order valence-electron chi connectivity index (χ1n) is 19.8. The number of hydrogen-bond donors (Lipinski definition) is 0. The van der Waals surface area contributed by atoms with Crippen LogP contribution in [-0.4, -0.2) is 143 Å². The Morgan fingerprint density at radius 2 is 0.627 bits per heavy atom. The molecule has 0 bridgehead atoms. The second kappa shape index (κ2) is 42.6. The van der Waals surface area contributed by atoms with Gasteiger partial charge in [0.2, 0.25) is 10.4 Å². The number of ether oxygens (including phenoxy) is 8. The Morgan fingerprint density at radius 1 is 0.373 bits per heavy atom. The second-order valence-corrected chi connectivity index (χ2v) is 16.1. The van der Waals surface area contributed by atoms with Crippen molar-refractivity contribution in [2.75, 3.05) is 130 Å². The minimum atomic E-state index is -4.67. The van der Waals surface area contributed by atoms with Gasteiger partial charge in [0, 0.05) is 0 Å². The van der Waals surface area contributed by atoms with Crippen molar-refractivity contribution >= 4 is 21.3 Å². The van der Waals surface area contributed by atoms with E-state index >= 15 is 0 Å². The maximum absolute atomic E-state index is 10.2. The van der Waals surface area contributed by atoms with Crippen molar-refractivity contribution < 1.29 is 55.0 Å². The van der Waals surface area contributed by atoms with Gasteiger partial charge in [-0.3, -0.25) is 4.18 Å². The first-order valence-corrected chi connectivity index (χ1v) is 23.1. The van der Waals surface area contributed by atoms with E-state index < -0.39 is 10.4 Å². The van der Waals surface area contributed by atoms with Crippen molar-refractivity contribution in [1.82, 2.24) is 0 Å². The molecule has 1 atom stereocenters. The molecule has 12 nitrogen and oxygen atoms in total. The van der Waals surface area contributed by atoms with Crippen LogP contribution in [0.3, 0.4) is 0 Å². The highest BCUT2D eigenvalue weighted by molar-refractivity contribution is 7.96. The number of rotatable bonds is 45. The van der Waals surface area contributed by atoms with Crippen LogP contribution in [0.5, 0.6) is 0 Å². The molecule has 0 rings (SSSR count). The third kappa shape index (κ3) is 47.9. The monoisotopic (exact) mass is 776 g/mol. The molecule has 51 heavy (non-hydrogen) atoms. The van der Waals surface area contributed by atoms with Crippen molar-refractivity contribution in [2.24, 2.45) is 0 Å². The van der Waals surface area contributed by atoms with E-state index in [2.05, 4.69) is 17.4 Å². The summed E-state index contributed by atoms with van der Waals surface area (Å²) >= 11 is 0. The number of hydrogen-bond acceptors (Lipinski definition) is 12. The molecule has 0 spiro atoms. The van der Waals surface area contributed by atoms with Gasteiger partial charge in [-0.05, 0) is 23.7 Å². The van der Waals surface area contributed by atoms with Crippen LogP contribution in [0.4, 0.5) is 0 Å². The molecule has 0 heterocycles. The molecule has 0 N–H and O–H groups in total. The molecule has 0 fully saturated rings. The maximum Gasteiger partial charge on any atom is 0.217 e. The van der Waals surface area contributed by atoms with Gasteiger partial charge in [0.05, 0.1) is 119 Å². The second-order valence-electron chi connectivity index (χ2n) is 12.6. The minimum absolute atomic E-state index is 0.0000187. The average Bonchev–Trinajstić information content (AvgIpc) is 3.10. The van der Waals surface area contributed by atoms with Crippen LogP contribution in [0, 0.1) is 0 Å². The molecule has 14 heteroatoms. The van der Waals surface area contributed by atoms with Gasteiger partial charge in [0.1, 0.15) is 11.5 Å². The smallest absolute Gasteiger partial charge is 0.217 e. The normalized spacial score (nSPS) is 12.6. The predicted octanol–water partition coefficient (Wildman–Crippen LogP) is 6.11. The standard InChI is InChI=1S/C37H76O12S2/c1-3-4-5-6-7-8-9-10-11-12-13-14-15-16-17-18-36-50(2)37-35-48-32-31-46-28-27-44-24-23-42-20-19-41-21-22-43-25-26-45-29-30-47-33-34-49-51(38,39)40/h3-37H2,1-2H3. The Hall–Kier alpha value is -0.100. The van der Waals surface area contributed by atoms with Crippen molar-refractivity contribution in [2.45, 2.75) is 110 Å². The zero-order valence-corrected chi connectivity index (χ0v) is 34.1. The fraction of sp³-hybridized carbons (Fsp3) is 1.00. The quantitative estimate of drug-likeness (QED) is 0.0305. The molecule has 0 aromatic carbocycles. The molecule has 0 aliphatic heterocycles. The average molecular weight is 777 g/mol. The third-order valence-electron chi connectivity index (χ3n) is 7.98. The molecule has 0 radical (unpaired) electrons. The molecule has 0 aliphatic carbocycles. The van der Waals surface area contributed by atoms with Crippen LogP contribution >= 0.6 is 0 Å². The maximum atomic E-state index is 10.2. The lowest BCUT2D eigenvalue weighted by molar-refractivity contribution is -0.0233. The summed E-state index contributed by atoms with van der Waals surface area (Å²) in [4.78, 5) is 0. The van der Waals surface area contributed by atoms with Gasteiger partial charge in [-0.2, -0.15) is 0 Å². The Morgan fingerprint density at radius 3 is 0.922 bits per heavy atom. The lowest BCUT2D eigenvalue weighted by Gasteiger charge is -2.09. The topological polar surface area (TPSA) is 140 Å². The Kier molecular flexibility index (Phi) is 42.6.